The molecule has 1 amide bonds. The number of halogens is 1. The van der Waals surface area contributed by atoms with Gasteiger partial charge in [-0.2, -0.15) is 0 Å². The molecule has 2 aromatic heterocycles. The Morgan fingerprint density at radius 2 is 1.87 bits per heavy atom. The Labute approximate surface area is 144 Å². The Hall–Kier alpha value is -1.56. The molecule has 0 atom stereocenters. The van der Waals surface area contributed by atoms with Gasteiger partial charge in [0.15, 0.2) is 5.78 Å². The molecule has 2 rings (SSSR count). The van der Waals surface area contributed by atoms with E-state index in [2.05, 4.69) is 20.2 Å². The van der Waals surface area contributed by atoms with Gasteiger partial charge in [0.05, 0.1) is 15.5 Å². The third kappa shape index (κ3) is 5.86. The molecule has 0 aliphatic carbocycles. The van der Waals surface area contributed by atoms with E-state index in [0.29, 0.717) is 9.21 Å². The Balaban J connectivity index is 1.84. The van der Waals surface area contributed by atoms with Crippen molar-refractivity contribution in [3.05, 3.63) is 21.3 Å². The summed E-state index contributed by atoms with van der Waals surface area (Å²) in [5.41, 5.74) is 0. The third-order valence-corrected chi connectivity index (χ3v) is 5.09. The standard InChI is InChI=1S/C11H11ClN4O4S3/c1-23(19,20)16-11-15-14-10(22-11)13-9(18)5-2-6(17)7-3-4-8(12)21-7/h3-4H,2,5H2,1H3,(H,15,16)(H,13,14,18). The summed E-state index contributed by atoms with van der Waals surface area (Å²) in [6, 6.07) is 3.23. The second-order valence-electron chi connectivity index (χ2n) is 4.36. The van der Waals surface area contributed by atoms with Crippen LogP contribution in [-0.4, -0.2) is 36.6 Å². The van der Waals surface area contributed by atoms with Crippen LogP contribution in [0.1, 0.15) is 22.5 Å². The van der Waals surface area contributed by atoms with Crippen molar-refractivity contribution in [2.24, 2.45) is 0 Å². The second kappa shape index (κ2) is 7.34. The van der Waals surface area contributed by atoms with Crippen LogP contribution in [0, 0.1) is 0 Å². The number of ketones is 1. The van der Waals surface area contributed by atoms with E-state index in [9.17, 15) is 18.0 Å². The van der Waals surface area contributed by atoms with Gasteiger partial charge in [0.1, 0.15) is 0 Å². The van der Waals surface area contributed by atoms with Crippen LogP contribution in [0.3, 0.4) is 0 Å². The summed E-state index contributed by atoms with van der Waals surface area (Å²) < 4.78 is 24.7. The molecule has 0 aliphatic heterocycles. The van der Waals surface area contributed by atoms with Crippen molar-refractivity contribution < 1.29 is 18.0 Å². The molecule has 124 valence electrons. The number of hydrogen-bond acceptors (Lipinski definition) is 8. The van der Waals surface area contributed by atoms with Crippen LogP contribution in [0.15, 0.2) is 12.1 Å². The minimum Gasteiger partial charge on any atom is -0.300 e. The van der Waals surface area contributed by atoms with E-state index in [0.717, 1.165) is 28.9 Å². The maximum absolute atomic E-state index is 11.8. The predicted octanol–water partition coefficient (Wildman–Crippen LogP) is 2.23. The van der Waals surface area contributed by atoms with Crippen molar-refractivity contribution in [3.63, 3.8) is 0 Å². The van der Waals surface area contributed by atoms with Gasteiger partial charge in [-0.25, -0.2) is 8.42 Å². The first-order valence-electron chi connectivity index (χ1n) is 6.12. The summed E-state index contributed by atoms with van der Waals surface area (Å²) in [5, 5.41) is 9.87. The molecular weight excluding hydrogens is 384 g/mol. The molecule has 0 fully saturated rings. The molecule has 0 bridgehead atoms. The zero-order chi connectivity index (χ0) is 17.0. The number of carbonyl (C=O) groups is 2. The Morgan fingerprint density at radius 1 is 1.17 bits per heavy atom. The maximum Gasteiger partial charge on any atom is 0.231 e. The smallest absolute Gasteiger partial charge is 0.231 e. The van der Waals surface area contributed by atoms with Crippen LogP contribution in [-0.2, 0) is 14.8 Å². The molecule has 0 radical (unpaired) electrons. The van der Waals surface area contributed by atoms with E-state index in [1.165, 1.54) is 0 Å². The quantitative estimate of drug-likeness (QED) is 0.695. The van der Waals surface area contributed by atoms with Gasteiger partial charge in [-0.15, -0.1) is 21.5 Å². The van der Waals surface area contributed by atoms with Crippen LogP contribution in [0.5, 0.6) is 0 Å². The normalized spacial score (nSPS) is 11.2. The van der Waals surface area contributed by atoms with E-state index in [1.54, 1.807) is 12.1 Å². The molecule has 0 saturated carbocycles. The average Bonchev–Trinajstić information content (AvgIpc) is 3.03. The van der Waals surface area contributed by atoms with Crippen molar-refractivity contribution in [2.45, 2.75) is 12.8 Å². The Kier molecular flexibility index (Phi) is 5.68. The number of hydrogen-bond donors (Lipinski definition) is 2. The largest absolute Gasteiger partial charge is 0.300 e. The molecule has 2 heterocycles. The number of amides is 1. The molecule has 0 spiro atoms. The lowest BCUT2D eigenvalue weighted by molar-refractivity contribution is -0.116. The highest BCUT2D eigenvalue weighted by molar-refractivity contribution is 7.92. The average molecular weight is 395 g/mol. The van der Waals surface area contributed by atoms with Gasteiger partial charge in [0, 0.05) is 12.8 Å². The first-order chi connectivity index (χ1) is 10.7. The molecule has 2 aromatic rings. The lowest BCUT2D eigenvalue weighted by Crippen LogP contribution is -2.13. The highest BCUT2D eigenvalue weighted by atomic mass is 35.5. The van der Waals surface area contributed by atoms with Crippen molar-refractivity contribution in [1.29, 1.82) is 0 Å². The summed E-state index contributed by atoms with van der Waals surface area (Å²) in [4.78, 5) is 24.1. The molecule has 23 heavy (non-hydrogen) atoms. The van der Waals surface area contributed by atoms with Crippen molar-refractivity contribution in [2.75, 3.05) is 16.3 Å². The first-order valence-corrected chi connectivity index (χ1v) is 10.0. The number of rotatable bonds is 7. The summed E-state index contributed by atoms with van der Waals surface area (Å²) >= 11 is 7.78. The van der Waals surface area contributed by atoms with Crippen LogP contribution in [0.4, 0.5) is 10.3 Å². The van der Waals surface area contributed by atoms with Crippen LogP contribution >= 0.6 is 34.3 Å². The zero-order valence-electron chi connectivity index (χ0n) is 11.7. The zero-order valence-corrected chi connectivity index (χ0v) is 14.9. The SMILES string of the molecule is CS(=O)(=O)Nc1nnc(NC(=O)CCC(=O)c2ccc(Cl)s2)s1. The number of nitrogens with one attached hydrogen (secondary N) is 2. The van der Waals surface area contributed by atoms with Crippen LogP contribution in [0.2, 0.25) is 4.34 Å². The first kappa shape index (κ1) is 17.8. The lowest BCUT2D eigenvalue weighted by atomic mass is 10.2. The second-order valence-corrected chi connectivity index (χ2v) is 8.80. The molecule has 12 heteroatoms. The molecule has 0 unspecified atom stereocenters. The van der Waals surface area contributed by atoms with E-state index in [-0.39, 0.29) is 28.9 Å². The fourth-order valence-electron chi connectivity index (χ4n) is 1.47. The molecule has 2 N–H and O–H groups in total. The van der Waals surface area contributed by atoms with Gasteiger partial charge >= 0.3 is 0 Å². The van der Waals surface area contributed by atoms with Gasteiger partial charge in [0.25, 0.3) is 0 Å². The summed E-state index contributed by atoms with van der Waals surface area (Å²) in [6.07, 6.45) is 0.994. The molecule has 0 saturated heterocycles. The minimum absolute atomic E-state index is 0.0250. The number of nitrogens with zero attached hydrogens (tertiary/aromatic N) is 2. The summed E-state index contributed by atoms with van der Waals surface area (Å²) in [7, 11) is -3.45. The van der Waals surface area contributed by atoms with Crippen molar-refractivity contribution in [1.82, 2.24) is 10.2 Å². The highest BCUT2D eigenvalue weighted by Gasteiger charge is 2.14. The topological polar surface area (TPSA) is 118 Å². The van der Waals surface area contributed by atoms with Gasteiger partial charge in [-0.1, -0.05) is 22.9 Å². The highest BCUT2D eigenvalue weighted by Crippen LogP contribution is 2.23. The summed E-state index contributed by atoms with van der Waals surface area (Å²) in [6.45, 7) is 0. The summed E-state index contributed by atoms with van der Waals surface area (Å²) in [5.74, 6) is -0.586. The maximum atomic E-state index is 11.8. The van der Waals surface area contributed by atoms with Gasteiger partial charge in [-0.3, -0.25) is 14.3 Å². The van der Waals surface area contributed by atoms with Crippen LogP contribution < -0.4 is 10.0 Å². The Bertz CT molecular complexity index is 830. The molecule has 8 nitrogen and oxygen atoms in total. The van der Waals surface area contributed by atoms with Gasteiger partial charge in [-0.05, 0) is 12.1 Å². The third-order valence-electron chi connectivity index (χ3n) is 2.37. The van der Waals surface area contributed by atoms with Crippen molar-refractivity contribution in [3.8, 4) is 0 Å². The van der Waals surface area contributed by atoms with Gasteiger partial charge < -0.3 is 5.32 Å². The molecular formula is C11H11ClN4O4S3. The van der Waals surface area contributed by atoms with E-state index < -0.39 is 15.9 Å². The van der Waals surface area contributed by atoms with Gasteiger partial charge in [0.2, 0.25) is 26.2 Å². The number of sulfonamides is 1. The molecule has 0 aliphatic rings. The van der Waals surface area contributed by atoms with E-state index in [1.807, 2.05) is 0 Å². The monoisotopic (exact) mass is 394 g/mol. The van der Waals surface area contributed by atoms with E-state index in [4.69, 9.17) is 11.6 Å². The number of carbonyl (C=O) groups excluding carboxylic acids is 2. The van der Waals surface area contributed by atoms with Crippen LogP contribution in [0.25, 0.3) is 0 Å². The fourth-order valence-corrected chi connectivity index (χ4v) is 3.97. The number of thiophene rings is 1. The molecule has 0 aromatic carbocycles. The predicted molar refractivity (Wildman–Crippen MR) is 89.9 cm³/mol. The van der Waals surface area contributed by atoms with Crippen molar-refractivity contribution >= 4 is 66.3 Å². The number of anilines is 2. The number of aromatic nitrogens is 2. The Morgan fingerprint density at radius 3 is 2.48 bits per heavy atom. The lowest BCUT2D eigenvalue weighted by Gasteiger charge is -2.00. The van der Waals surface area contributed by atoms with E-state index >= 15 is 0 Å². The fraction of sp³-hybridized carbons (Fsp3) is 0.273. The minimum atomic E-state index is -3.45. The number of Topliss-reactive ketones (excluding diaryl/α,β-unsaturated/α-hetero) is 1.